The number of amides is 2. The van der Waals surface area contributed by atoms with Crippen molar-refractivity contribution in [3.8, 4) is 11.5 Å². The van der Waals surface area contributed by atoms with Crippen molar-refractivity contribution in [2.75, 3.05) is 26.2 Å². The Hall–Kier alpha value is -3.81. The van der Waals surface area contributed by atoms with Crippen LogP contribution in [0.25, 0.3) is 10.9 Å². The van der Waals surface area contributed by atoms with Gasteiger partial charge in [-0.15, -0.1) is 0 Å². The van der Waals surface area contributed by atoms with E-state index in [1.807, 2.05) is 41.3 Å². The molecule has 0 spiro atoms. The van der Waals surface area contributed by atoms with Crippen molar-refractivity contribution in [1.82, 2.24) is 14.8 Å². The largest absolute Gasteiger partial charge is 0.486 e. The smallest absolute Gasteiger partial charge is 0.292 e. The maximum atomic E-state index is 13.0. The lowest BCUT2D eigenvalue weighted by Gasteiger charge is -2.26. The molecule has 0 bridgehead atoms. The highest BCUT2D eigenvalue weighted by atomic mass is 16.6. The number of hydrogen-bond acceptors (Lipinski definition) is 5. The van der Waals surface area contributed by atoms with Gasteiger partial charge in [0.25, 0.3) is 11.7 Å². The maximum Gasteiger partial charge on any atom is 0.292 e. The van der Waals surface area contributed by atoms with Crippen LogP contribution in [0.2, 0.25) is 0 Å². The molecule has 3 aromatic rings. The van der Waals surface area contributed by atoms with E-state index in [1.165, 1.54) is 0 Å². The quantitative estimate of drug-likeness (QED) is 0.463. The number of ketones is 1. The Bertz CT molecular complexity index is 1210. The summed E-state index contributed by atoms with van der Waals surface area (Å²) in [6, 6.07) is 14.6. The molecule has 0 saturated carbocycles. The highest BCUT2D eigenvalue weighted by Crippen LogP contribution is 2.30. The summed E-state index contributed by atoms with van der Waals surface area (Å²) in [6.45, 7) is 2.10. The molecule has 2 aliphatic heterocycles. The Labute approximate surface area is 191 Å². The van der Waals surface area contributed by atoms with Crippen LogP contribution in [0, 0.1) is 0 Å². The summed E-state index contributed by atoms with van der Waals surface area (Å²) in [6.07, 6.45) is 3.25. The highest BCUT2D eigenvalue weighted by molar-refractivity contribution is 6.45. The van der Waals surface area contributed by atoms with Gasteiger partial charge in [0.15, 0.2) is 11.5 Å². The molecule has 2 aromatic carbocycles. The predicted molar refractivity (Wildman–Crippen MR) is 121 cm³/mol. The summed E-state index contributed by atoms with van der Waals surface area (Å²) in [7, 11) is 0. The minimum absolute atomic E-state index is 0.0198. The summed E-state index contributed by atoms with van der Waals surface area (Å²) in [5.41, 5.74) is 1.03. The van der Waals surface area contributed by atoms with Crippen LogP contribution in [0.3, 0.4) is 0 Å². The number of Topliss-reactive ketones (excluding diaryl/α,β-unsaturated/α-hetero) is 1. The van der Waals surface area contributed by atoms with E-state index in [0.29, 0.717) is 16.9 Å². The fourth-order valence-electron chi connectivity index (χ4n) is 4.34. The van der Waals surface area contributed by atoms with Gasteiger partial charge in [-0.25, -0.2) is 0 Å². The van der Waals surface area contributed by atoms with Gasteiger partial charge in [0, 0.05) is 30.2 Å². The molecule has 33 heavy (non-hydrogen) atoms. The van der Waals surface area contributed by atoms with E-state index in [0.717, 1.165) is 31.4 Å². The molecule has 2 aliphatic rings. The van der Waals surface area contributed by atoms with Crippen LogP contribution in [-0.4, -0.2) is 59.4 Å². The van der Waals surface area contributed by atoms with Crippen LogP contribution in [0.15, 0.2) is 54.7 Å². The molecule has 2 amide bonds. The third-order valence-electron chi connectivity index (χ3n) is 6.06. The molecule has 3 heterocycles. The zero-order valence-electron chi connectivity index (χ0n) is 18.2. The number of nitrogens with one attached hydrogen (secondary N) is 1. The SMILES string of the molecule is O=C(NCC1COc2ccccc2O1)C(=O)c1cn(CC(=O)N2CCCC2)c2ccccc12. The summed E-state index contributed by atoms with van der Waals surface area (Å²) in [4.78, 5) is 40.2. The zero-order valence-corrected chi connectivity index (χ0v) is 18.2. The second-order valence-corrected chi connectivity index (χ2v) is 8.31. The lowest BCUT2D eigenvalue weighted by atomic mass is 10.1. The molecule has 8 heteroatoms. The standard InChI is InChI=1S/C25H25N3O5/c29-23(27-11-5-6-12-27)15-28-14-19(18-7-1-2-8-20(18)28)24(30)25(31)26-13-17-16-32-21-9-3-4-10-22(21)33-17/h1-4,7-10,14,17H,5-6,11-13,15-16H2,(H,26,31). The second-order valence-electron chi connectivity index (χ2n) is 8.31. The molecule has 8 nitrogen and oxygen atoms in total. The Morgan fingerprint density at radius 3 is 2.52 bits per heavy atom. The first-order valence-corrected chi connectivity index (χ1v) is 11.2. The van der Waals surface area contributed by atoms with Gasteiger partial charge in [-0.2, -0.15) is 0 Å². The molecule has 0 aliphatic carbocycles. The van der Waals surface area contributed by atoms with Gasteiger partial charge >= 0.3 is 0 Å². The van der Waals surface area contributed by atoms with Gasteiger partial charge in [-0.05, 0) is 31.0 Å². The number of para-hydroxylation sites is 3. The highest BCUT2D eigenvalue weighted by Gasteiger charge is 2.26. The van der Waals surface area contributed by atoms with E-state index >= 15 is 0 Å². The van der Waals surface area contributed by atoms with Gasteiger partial charge in [0.05, 0.1) is 12.1 Å². The number of carbonyl (C=O) groups is 3. The van der Waals surface area contributed by atoms with E-state index in [9.17, 15) is 14.4 Å². The van der Waals surface area contributed by atoms with Crippen LogP contribution < -0.4 is 14.8 Å². The van der Waals surface area contributed by atoms with Crippen LogP contribution in [0.5, 0.6) is 11.5 Å². The molecule has 1 N–H and O–H groups in total. The van der Waals surface area contributed by atoms with Crippen LogP contribution >= 0.6 is 0 Å². The van der Waals surface area contributed by atoms with Crippen LogP contribution in [-0.2, 0) is 16.1 Å². The normalized spacial score (nSPS) is 17.2. The third-order valence-corrected chi connectivity index (χ3v) is 6.06. The topological polar surface area (TPSA) is 89.9 Å². The van der Waals surface area contributed by atoms with Gasteiger partial charge in [-0.1, -0.05) is 30.3 Å². The third kappa shape index (κ3) is 4.28. The Kier molecular flexibility index (Phi) is 5.73. The number of nitrogens with zero attached hydrogens (tertiary/aromatic N) is 2. The molecule has 0 radical (unpaired) electrons. The zero-order chi connectivity index (χ0) is 22.8. The minimum Gasteiger partial charge on any atom is -0.486 e. The number of ether oxygens (including phenoxy) is 2. The van der Waals surface area contributed by atoms with Crippen molar-refractivity contribution >= 4 is 28.5 Å². The Balaban J connectivity index is 1.28. The number of likely N-dealkylation sites (tertiary alicyclic amines) is 1. The van der Waals surface area contributed by atoms with Gasteiger partial charge < -0.3 is 24.3 Å². The number of benzene rings is 2. The molecular formula is C25H25N3O5. The number of rotatable bonds is 6. The predicted octanol–water partition coefficient (Wildman–Crippen LogP) is 2.40. The summed E-state index contributed by atoms with van der Waals surface area (Å²) < 4.78 is 13.2. The van der Waals surface area contributed by atoms with E-state index < -0.39 is 17.8 Å². The average molecular weight is 447 g/mol. The van der Waals surface area contributed by atoms with Crippen molar-refractivity contribution in [1.29, 1.82) is 0 Å². The second kappa shape index (κ2) is 8.97. The van der Waals surface area contributed by atoms with Crippen molar-refractivity contribution in [2.45, 2.75) is 25.5 Å². The molecule has 1 fully saturated rings. The van der Waals surface area contributed by atoms with E-state index in [4.69, 9.17) is 9.47 Å². The van der Waals surface area contributed by atoms with E-state index in [1.54, 1.807) is 22.9 Å². The first kappa shape index (κ1) is 21.1. The molecule has 5 rings (SSSR count). The lowest BCUT2D eigenvalue weighted by Crippen LogP contribution is -2.42. The Morgan fingerprint density at radius 1 is 0.970 bits per heavy atom. The number of fused-ring (bicyclic) bond motifs is 2. The first-order chi connectivity index (χ1) is 16.1. The maximum absolute atomic E-state index is 13.0. The van der Waals surface area contributed by atoms with Crippen molar-refractivity contribution in [3.63, 3.8) is 0 Å². The van der Waals surface area contributed by atoms with Crippen LogP contribution in [0.1, 0.15) is 23.2 Å². The van der Waals surface area contributed by atoms with Crippen LogP contribution in [0.4, 0.5) is 0 Å². The summed E-state index contributed by atoms with van der Waals surface area (Å²) in [5, 5.41) is 3.31. The van der Waals surface area contributed by atoms with E-state index in [-0.39, 0.29) is 31.2 Å². The summed E-state index contributed by atoms with van der Waals surface area (Å²) >= 11 is 0. The van der Waals surface area contributed by atoms with Crippen molar-refractivity contribution < 1.29 is 23.9 Å². The fraction of sp³-hybridized carbons (Fsp3) is 0.320. The number of hydrogen-bond donors (Lipinski definition) is 1. The molecule has 1 saturated heterocycles. The number of carbonyl (C=O) groups excluding carboxylic acids is 3. The molecule has 1 aromatic heterocycles. The average Bonchev–Trinajstić information content (AvgIpc) is 3.51. The van der Waals surface area contributed by atoms with Gasteiger partial charge in [0.2, 0.25) is 5.91 Å². The van der Waals surface area contributed by atoms with Crippen molar-refractivity contribution in [3.05, 3.63) is 60.3 Å². The molecular weight excluding hydrogens is 422 g/mol. The minimum atomic E-state index is -0.716. The van der Waals surface area contributed by atoms with Gasteiger partial charge in [-0.3, -0.25) is 14.4 Å². The van der Waals surface area contributed by atoms with Gasteiger partial charge in [0.1, 0.15) is 19.3 Å². The Morgan fingerprint density at radius 2 is 1.70 bits per heavy atom. The lowest BCUT2D eigenvalue weighted by molar-refractivity contribution is -0.130. The van der Waals surface area contributed by atoms with Crippen molar-refractivity contribution in [2.24, 2.45) is 0 Å². The molecule has 1 unspecified atom stereocenters. The molecule has 1 atom stereocenters. The summed E-state index contributed by atoms with van der Waals surface area (Å²) in [5.74, 6) is -0.0686. The number of aromatic nitrogens is 1. The fourth-order valence-corrected chi connectivity index (χ4v) is 4.34. The first-order valence-electron chi connectivity index (χ1n) is 11.2. The molecule has 170 valence electrons. The van der Waals surface area contributed by atoms with E-state index in [2.05, 4.69) is 5.32 Å². The monoisotopic (exact) mass is 447 g/mol.